The van der Waals surface area contributed by atoms with E-state index in [1.165, 1.54) is 0 Å². The van der Waals surface area contributed by atoms with Crippen molar-refractivity contribution in [2.75, 3.05) is 0 Å². The van der Waals surface area contributed by atoms with Gasteiger partial charge in [-0.15, -0.1) is 0 Å². The van der Waals surface area contributed by atoms with E-state index in [1.54, 1.807) is 60.7 Å². The number of ether oxygens (including phenoxy) is 1. The Hall–Kier alpha value is -2.91. The third-order valence-corrected chi connectivity index (χ3v) is 4.23. The molecule has 0 amide bonds. The number of rotatable bonds is 5. The summed E-state index contributed by atoms with van der Waals surface area (Å²) in [6, 6.07) is 22.6. The SMILES string of the molecule is Cc1ccc(C(=O)[C@@H](OC(=O)c2ccc(Cl)cc2)c2ccccc2)cc1. The van der Waals surface area contributed by atoms with E-state index in [2.05, 4.69) is 0 Å². The molecule has 0 saturated carbocycles. The van der Waals surface area contributed by atoms with Crippen LogP contribution in [0.4, 0.5) is 0 Å². The monoisotopic (exact) mass is 364 g/mol. The summed E-state index contributed by atoms with van der Waals surface area (Å²) in [7, 11) is 0. The summed E-state index contributed by atoms with van der Waals surface area (Å²) in [6.07, 6.45) is -1.01. The zero-order valence-corrected chi connectivity index (χ0v) is 14.9. The molecular formula is C22H17ClO3. The minimum Gasteiger partial charge on any atom is -0.445 e. The first-order chi connectivity index (χ1) is 12.5. The van der Waals surface area contributed by atoms with Crippen LogP contribution in [0.3, 0.4) is 0 Å². The van der Waals surface area contributed by atoms with Gasteiger partial charge < -0.3 is 4.74 Å². The van der Waals surface area contributed by atoms with Crippen molar-refractivity contribution in [1.82, 2.24) is 0 Å². The average Bonchev–Trinajstić information content (AvgIpc) is 2.67. The normalized spacial score (nSPS) is 11.6. The fourth-order valence-electron chi connectivity index (χ4n) is 2.53. The first-order valence-corrected chi connectivity index (χ1v) is 8.55. The number of hydrogen-bond acceptors (Lipinski definition) is 3. The maximum atomic E-state index is 13.0. The highest BCUT2D eigenvalue weighted by atomic mass is 35.5. The van der Waals surface area contributed by atoms with Crippen molar-refractivity contribution in [1.29, 1.82) is 0 Å². The molecule has 3 nitrogen and oxygen atoms in total. The standard InChI is InChI=1S/C22H17ClO3/c1-15-7-9-16(10-8-15)20(24)21(17-5-3-2-4-6-17)26-22(25)18-11-13-19(23)14-12-18/h2-14,21H,1H3/t21-/m0/s1. The van der Waals surface area contributed by atoms with E-state index in [9.17, 15) is 9.59 Å². The molecule has 0 heterocycles. The molecule has 3 aromatic carbocycles. The van der Waals surface area contributed by atoms with E-state index in [1.807, 2.05) is 25.1 Å². The Morgan fingerprint density at radius 3 is 2.00 bits per heavy atom. The largest absolute Gasteiger partial charge is 0.445 e. The van der Waals surface area contributed by atoms with Gasteiger partial charge >= 0.3 is 5.97 Å². The molecule has 0 aliphatic rings. The Morgan fingerprint density at radius 2 is 1.38 bits per heavy atom. The van der Waals surface area contributed by atoms with E-state index in [0.29, 0.717) is 21.7 Å². The molecule has 0 aliphatic carbocycles. The molecule has 0 N–H and O–H groups in total. The van der Waals surface area contributed by atoms with Gasteiger partial charge in [0.2, 0.25) is 5.78 Å². The number of halogens is 1. The summed E-state index contributed by atoms with van der Waals surface area (Å²) >= 11 is 5.85. The molecule has 1 atom stereocenters. The number of aryl methyl sites for hydroxylation is 1. The smallest absolute Gasteiger partial charge is 0.339 e. The molecule has 26 heavy (non-hydrogen) atoms. The van der Waals surface area contributed by atoms with Crippen LogP contribution in [0.15, 0.2) is 78.9 Å². The fraction of sp³-hybridized carbons (Fsp3) is 0.0909. The highest BCUT2D eigenvalue weighted by molar-refractivity contribution is 6.30. The van der Waals surface area contributed by atoms with Crippen LogP contribution in [0.25, 0.3) is 0 Å². The third-order valence-electron chi connectivity index (χ3n) is 3.98. The highest BCUT2D eigenvalue weighted by Crippen LogP contribution is 2.24. The number of hydrogen-bond donors (Lipinski definition) is 0. The van der Waals surface area contributed by atoms with Crippen molar-refractivity contribution in [3.05, 3.63) is 106 Å². The summed E-state index contributed by atoms with van der Waals surface area (Å²) < 4.78 is 5.58. The maximum absolute atomic E-state index is 13.0. The molecule has 3 rings (SSSR count). The first kappa shape index (κ1) is 17.9. The van der Waals surface area contributed by atoms with Gasteiger partial charge in [-0.25, -0.2) is 4.79 Å². The lowest BCUT2D eigenvalue weighted by atomic mass is 9.99. The fourth-order valence-corrected chi connectivity index (χ4v) is 2.66. The van der Waals surface area contributed by atoms with Crippen LogP contribution in [0, 0.1) is 6.92 Å². The van der Waals surface area contributed by atoms with Crippen molar-refractivity contribution < 1.29 is 14.3 Å². The van der Waals surface area contributed by atoms with Gasteiger partial charge in [0.15, 0.2) is 6.10 Å². The van der Waals surface area contributed by atoms with Crippen molar-refractivity contribution >= 4 is 23.4 Å². The Bertz CT molecular complexity index is 900. The number of carbonyl (C=O) groups excluding carboxylic acids is 2. The van der Waals surface area contributed by atoms with Gasteiger partial charge in [0.05, 0.1) is 5.56 Å². The Balaban J connectivity index is 1.91. The van der Waals surface area contributed by atoms with Crippen molar-refractivity contribution in [2.24, 2.45) is 0 Å². The molecule has 0 unspecified atom stereocenters. The summed E-state index contributed by atoms with van der Waals surface area (Å²) in [5.41, 5.74) is 2.51. The maximum Gasteiger partial charge on any atom is 0.339 e. The van der Waals surface area contributed by atoms with Crippen LogP contribution in [0.5, 0.6) is 0 Å². The molecule has 0 bridgehead atoms. The van der Waals surface area contributed by atoms with Crippen LogP contribution in [0.1, 0.15) is 37.9 Å². The van der Waals surface area contributed by atoms with E-state index in [-0.39, 0.29) is 5.78 Å². The van der Waals surface area contributed by atoms with E-state index < -0.39 is 12.1 Å². The molecule has 3 aromatic rings. The zero-order valence-electron chi connectivity index (χ0n) is 14.2. The number of benzene rings is 3. The van der Waals surface area contributed by atoms with Gasteiger partial charge in [0, 0.05) is 16.1 Å². The van der Waals surface area contributed by atoms with Crippen LogP contribution in [0.2, 0.25) is 5.02 Å². The zero-order chi connectivity index (χ0) is 18.5. The molecule has 130 valence electrons. The lowest BCUT2D eigenvalue weighted by molar-refractivity contribution is 0.0280. The Labute approximate surface area is 157 Å². The predicted octanol–water partition coefficient (Wildman–Crippen LogP) is 5.43. The van der Waals surface area contributed by atoms with Crippen molar-refractivity contribution in [2.45, 2.75) is 13.0 Å². The Morgan fingerprint density at radius 1 is 0.808 bits per heavy atom. The molecule has 0 radical (unpaired) electrons. The molecular weight excluding hydrogens is 348 g/mol. The van der Waals surface area contributed by atoms with Gasteiger partial charge in [-0.2, -0.15) is 0 Å². The predicted molar refractivity (Wildman–Crippen MR) is 102 cm³/mol. The summed E-state index contributed by atoms with van der Waals surface area (Å²) in [5, 5.41) is 0.525. The van der Waals surface area contributed by atoms with Gasteiger partial charge in [-0.1, -0.05) is 71.8 Å². The second kappa shape index (κ2) is 7.98. The topological polar surface area (TPSA) is 43.4 Å². The molecule has 0 aromatic heterocycles. The van der Waals surface area contributed by atoms with Crippen LogP contribution in [-0.4, -0.2) is 11.8 Å². The summed E-state index contributed by atoms with van der Waals surface area (Å²) in [6.45, 7) is 1.95. The lowest BCUT2D eigenvalue weighted by Crippen LogP contribution is -2.20. The second-order valence-corrected chi connectivity index (χ2v) is 6.37. The summed E-state index contributed by atoms with van der Waals surface area (Å²) in [5.74, 6) is -0.838. The number of Topliss-reactive ketones (excluding diaryl/α,β-unsaturated/α-hetero) is 1. The number of esters is 1. The lowest BCUT2D eigenvalue weighted by Gasteiger charge is -2.17. The molecule has 4 heteroatoms. The van der Waals surface area contributed by atoms with Crippen LogP contribution < -0.4 is 0 Å². The molecule has 0 saturated heterocycles. The average molecular weight is 365 g/mol. The number of carbonyl (C=O) groups is 2. The van der Waals surface area contributed by atoms with Gasteiger partial charge in [0.25, 0.3) is 0 Å². The van der Waals surface area contributed by atoms with Crippen LogP contribution >= 0.6 is 11.6 Å². The van der Waals surface area contributed by atoms with Crippen molar-refractivity contribution in [3.8, 4) is 0 Å². The van der Waals surface area contributed by atoms with Gasteiger partial charge in [0.1, 0.15) is 0 Å². The molecule has 0 fully saturated rings. The van der Waals surface area contributed by atoms with E-state index in [4.69, 9.17) is 16.3 Å². The van der Waals surface area contributed by atoms with E-state index >= 15 is 0 Å². The first-order valence-electron chi connectivity index (χ1n) is 8.17. The third kappa shape index (κ3) is 4.19. The number of ketones is 1. The molecule has 0 spiro atoms. The highest BCUT2D eigenvalue weighted by Gasteiger charge is 2.26. The second-order valence-electron chi connectivity index (χ2n) is 5.93. The van der Waals surface area contributed by atoms with Crippen LogP contribution in [-0.2, 0) is 4.74 Å². The quantitative estimate of drug-likeness (QED) is 0.448. The van der Waals surface area contributed by atoms with E-state index in [0.717, 1.165) is 5.56 Å². The van der Waals surface area contributed by atoms with Crippen molar-refractivity contribution in [3.63, 3.8) is 0 Å². The van der Waals surface area contributed by atoms with Gasteiger partial charge in [-0.3, -0.25) is 4.79 Å². The molecule has 0 aliphatic heterocycles. The minimum absolute atomic E-state index is 0.265. The summed E-state index contributed by atoms with van der Waals surface area (Å²) in [4.78, 5) is 25.5. The minimum atomic E-state index is -1.01. The Kier molecular flexibility index (Phi) is 5.49. The van der Waals surface area contributed by atoms with Gasteiger partial charge in [-0.05, 0) is 31.2 Å².